The molecule has 28 heavy (non-hydrogen) atoms. The minimum absolute atomic E-state index is 0.0759. The van der Waals surface area contributed by atoms with E-state index in [0.717, 1.165) is 10.9 Å². The SMILES string of the molecule is COC(=O)c1ccc([N+](=O)[O-])c(OCC(=O)c2ccc(CCNC(C)=O)s2)c1. The van der Waals surface area contributed by atoms with Gasteiger partial charge in [0.15, 0.2) is 12.4 Å². The third-order valence-electron chi connectivity index (χ3n) is 3.62. The second-order valence-corrected chi connectivity index (χ2v) is 6.81. The number of hydrogen-bond donors (Lipinski definition) is 1. The number of nitrogens with one attached hydrogen (secondary N) is 1. The minimum Gasteiger partial charge on any atom is -0.478 e. The zero-order valence-corrected chi connectivity index (χ0v) is 16.0. The van der Waals surface area contributed by atoms with Crippen LogP contribution in [0.4, 0.5) is 5.69 Å². The molecule has 148 valence electrons. The predicted octanol–water partition coefficient (Wildman–Crippen LogP) is 2.38. The van der Waals surface area contributed by atoms with Crippen LogP contribution in [-0.2, 0) is 16.0 Å². The van der Waals surface area contributed by atoms with Crippen molar-refractivity contribution < 1.29 is 28.8 Å². The largest absolute Gasteiger partial charge is 0.478 e. The Morgan fingerprint density at radius 3 is 2.61 bits per heavy atom. The highest BCUT2D eigenvalue weighted by Crippen LogP contribution is 2.28. The molecule has 2 rings (SSSR count). The Morgan fingerprint density at radius 1 is 1.21 bits per heavy atom. The van der Waals surface area contributed by atoms with Gasteiger partial charge >= 0.3 is 11.7 Å². The highest BCUT2D eigenvalue weighted by molar-refractivity contribution is 7.14. The van der Waals surface area contributed by atoms with Gasteiger partial charge in [-0.2, -0.15) is 0 Å². The van der Waals surface area contributed by atoms with E-state index in [2.05, 4.69) is 10.1 Å². The zero-order chi connectivity index (χ0) is 20.7. The molecule has 1 heterocycles. The van der Waals surface area contributed by atoms with Crippen molar-refractivity contribution in [2.75, 3.05) is 20.3 Å². The summed E-state index contributed by atoms with van der Waals surface area (Å²) >= 11 is 1.26. The van der Waals surface area contributed by atoms with E-state index < -0.39 is 17.5 Å². The Kier molecular flexibility index (Phi) is 7.21. The molecule has 1 aromatic heterocycles. The highest BCUT2D eigenvalue weighted by Gasteiger charge is 2.20. The average Bonchev–Trinajstić information content (AvgIpc) is 3.13. The van der Waals surface area contributed by atoms with Gasteiger partial charge in [0, 0.05) is 30.5 Å². The number of ether oxygens (including phenoxy) is 2. The average molecular weight is 406 g/mol. The lowest BCUT2D eigenvalue weighted by Crippen LogP contribution is -2.22. The van der Waals surface area contributed by atoms with E-state index in [0.29, 0.717) is 17.8 Å². The van der Waals surface area contributed by atoms with E-state index in [4.69, 9.17) is 4.74 Å². The highest BCUT2D eigenvalue weighted by atomic mass is 32.1. The molecule has 0 atom stereocenters. The first-order chi connectivity index (χ1) is 13.3. The van der Waals surface area contributed by atoms with Crippen LogP contribution in [0.25, 0.3) is 0 Å². The van der Waals surface area contributed by atoms with Crippen molar-refractivity contribution in [3.05, 3.63) is 55.8 Å². The van der Waals surface area contributed by atoms with E-state index in [1.54, 1.807) is 12.1 Å². The van der Waals surface area contributed by atoms with Gasteiger partial charge in [-0.15, -0.1) is 11.3 Å². The zero-order valence-electron chi connectivity index (χ0n) is 15.2. The molecule has 2 aromatic rings. The third-order valence-corrected chi connectivity index (χ3v) is 4.80. The van der Waals surface area contributed by atoms with Crippen molar-refractivity contribution in [2.24, 2.45) is 0 Å². The van der Waals surface area contributed by atoms with Crippen LogP contribution >= 0.6 is 11.3 Å². The molecule has 1 amide bonds. The topological polar surface area (TPSA) is 125 Å². The Labute approximate surface area is 164 Å². The molecular formula is C18H18N2O7S. The number of carbonyl (C=O) groups is 3. The summed E-state index contributed by atoms with van der Waals surface area (Å²) in [6.45, 7) is 1.47. The molecule has 10 heteroatoms. The molecule has 0 fully saturated rings. The van der Waals surface area contributed by atoms with E-state index in [1.165, 1.54) is 37.5 Å². The van der Waals surface area contributed by atoms with Crippen LogP contribution in [0, 0.1) is 10.1 Å². The molecule has 0 aliphatic heterocycles. The van der Waals surface area contributed by atoms with Crippen molar-refractivity contribution in [1.82, 2.24) is 5.32 Å². The fourth-order valence-corrected chi connectivity index (χ4v) is 3.20. The number of carbonyl (C=O) groups excluding carboxylic acids is 3. The molecule has 0 saturated carbocycles. The summed E-state index contributed by atoms with van der Waals surface area (Å²) in [4.78, 5) is 46.6. The molecule has 1 N–H and O–H groups in total. The number of thiophene rings is 1. The summed E-state index contributed by atoms with van der Waals surface area (Å²) in [5.74, 6) is -1.34. The maximum atomic E-state index is 12.3. The van der Waals surface area contributed by atoms with Crippen LogP contribution < -0.4 is 10.1 Å². The fourth-order valence-electron chi connectivity index (χ4n) is 2.26. The van der Waals surface area contributed by atoms with Crippen LogP contribution in [0.2, 0.25) is 0 Å². The summed E-state index contributed by atoms with van der Waals surface area (Å²) in [7, 11) is 1.19. The van der Waals surface area contributed by atoms with Crippen molar-refractivity contribution in [3.8, 4) is 5.75 Å². The van der Waals surface area contributed by atoms with Gasteiger partial charge in [0.05, 0.1) is 22.5 Å². The van der Waals surface area contributed by atoms with Crippen LogP contribution in [0.3, 0.4) is 0 Å². The standard InChI is InChI=1S/C18H18N2O7S/c1-11(21)19-8-7-13-4-6-17(28-13)15(22)10-27-16-9-12(18(23)26-2)3-5-14(16)20(24)25/h3-6,9H,7-8,10H2,1-2H3,(H,19,21). The lowest BCUT2D eigenvalue weighted by molar-refractivity contribution is -0.385. The Balaban J connectivity index is 2.05. The normalized spacial score (nSPS) is 10.2. The minimum atomic E-state index is -0.673. The van der Waals surface area contributed by atoms with Gasteiger partial charge < -0.3 is 14.8 Å². The number of methoxy groups -OCH3 is 1. The van der Waals surface area contributed by atoms with Gasteiger partial charge in [-0.3, -0.25) is 19.7 Å². The van der Waals surface area contributed by atoms with Gasteiger partial charge in [0.25, 0.3) is 0 Å². The Morgan fingerprint density at radius 2 is 1.96 bits per heavy atom. The summed E-state index contributed by atoms with van der Waals surface area (Å²) < 4.78 is 9.90. The van der Waals surface area contributed by atoms with Crippen molar-refractivity contribution in [1.29, 1.82) is 0 Å². The lowest BCUT2D eigenvalue weighted by atomic mass is 10.2. The quantitative estimate of drug-likeness (QED) is 0.293. The second kappa shape index (κ2) is 9.60. The molecule has 0 aliphatic carbocycles. The number of nitrogens with zero attached hydrogens (tertiary/aromatic N) is 1. The maximum Gasteiger partial charge on any atom is 0.337 e. The molecule has 0 spiro atoms. The number of rotatable bonds is 9. The number of benzene rings is 1. The van der Waals surface area contributed by atoms with Crippen LogP contribution in [0.15, 0.2) is 30.3 Å². The molecule has 9 nitrogen and oxygen atoms in total. The number of esters is 1. The first-order valence-corrected chi connectivity index (χ1v) is 8.99. The summed E-state index contributed by atoms with van der Waals surface area (Å²) in [5, 5.41) is 13.8. The summed E-state index contributed by atoms with van der Waals surface area (Å²) in [6.07, 6.45) is 0.588. The summed E-state index contributed by atoms with van der Waals surface area (Å²) in [6, 6.07) is 6.96. The second-order valence-electron chi connectivity index (χ2n) is 5.64. The number of hydrogen-bond acceptors (Lipinski definition) is 8. The summed E-state index contributed by atoms with van der Waals surface area (Å²) in [5.41, 5.74) is -0.283. The molecule has 0 aliphatic rings. The molecule has 0 unspecified atom stereocenters. The monoisotopic (exact) mass is 406 g/mol. The fraction of sp³-hybridized carbons (Fsp3) is 0.278. The number of ketones is 1. The van der Waals surface area contributed by atoms with E-state index >= 15 is 0 Å². The molecule has 0 bridgehead atoms. The maximum absolute atomic E-state index is 12.3. The van der Waals surface area contributed by atoms with Crippen LogP contribution in [-0.4, -0.2) is 42.8 Å². The lowest BCUT2D eigenvalue weighted by Gasteiger charge is -2.07. The van der Waals surface area contributed by atoms with Crippen molar-refractivity contribution in [3.63, 3.8) is 0 Å². The van der Waals surface area contributed by atoms with Gasteiger partial charge in [-0.25, -0.2) is 4.79 Å². The van der Waals surface area contributed by atoms with E-state index in [9.17, 15) is 24.5 Å². The van der Waals surface area contributed by atoms with Gasteiger partial charge in [0.1, 0.15) is 0 Å². The van der Waals surface area contributed by atoms with Crippen LogP contribution in [0.5, 0.6) is 5.75 Å². The first-order valence-electron chi connectivity index (χ1n) is 8.17. The third kappa shape index (κ3) is 5.61. The Hall–Kier alpha value is -3.27. The van der Waals surface area contributed by atoms with Gasteiger partial charge in [0.2, 0.25) is 11.7 Å². The van der Waals surface area contributed by atoms with E-state index in [1.807, 2.05) is 0 Å². The van der Waals surface area contributed by atoms with E-state index in [-0.39, 0.29) is 28.7 Å². The molecule has 0 saturated heterocycles. The van der Waals surface area contributed by atoms with Crippen molar-refractivity contribution >= 4 is 34.7 Å². The number of nitro groups is 1. The molecule has 1 aromatic carbocycles. The predicted molar refractivity (Wildman–Crippen MR) is 101 cm³/mol. The smallest absolute Gasteiger partial charge is 0.337 e. The number of nitro benzene ring substituents is 1. The Bertz CT molecular complexity index is 907. The van der Waals surface area contributed by atoms with Crippen LogP contribution in [0.1, 0.15) is 31.8 Å². The van der Waals surface area contributed by atoms with Crippen molar-refractivity contribution in [2.45, 2.75) is 13.3 Å². The first kappa shape index (κ1) is 21.0. The number of amides is 1. The van der Waals surface area contributed by atoms with Gasteiger partial charge in [-0.05, 0) is 24.6 Å². The molecule has 0 radical (unpaired) electrons. The van der Waals surface area contributed by atoms with Gasteiger partial charge in [-0.1, -0.05) is 0 Å². The number of Topliss-reactive ketones (excluding diaryl/α,β-unsaturated/α-hetero) is 1. The molecular weight excluding hydrogens is 388 g/mol.